The number of carbonyl (C=O) groups is 5. The Morgan fingerprint density at radius 2 is 2.00 bits per heavy atom. The summed E-state index contributed by atoms with van der Waals surface area (Å²) in [6.07, 6.45) is 0.267. The first kappa shape index (κ1) is 19.2. The number of nitrogens with one attached hydrogen (secondary N) is 2. The van der Waals surface area contributed by atoms with E-state index in [0.29, 0.717) is 11.3 Å². The summed E-state index contributed by atoms with van der Waals surface area (Å²) in [5.41, 5.74) is -0.672. The van der Waals surface area contributed by atoms with Crippen LogP contribution in [-0.2, 0) is 19.9 Å². The third-order valence-corrected chi connectivity index (χ3v) is 5.92. The van der Waals surface area contributed by atoms with Gasteiger partial charge in [-0.15, -0.1) is 0 Å². The number of para-hydroxylation sites is 1. The van der Waals surface area contributed by atoms with Gasteiger partial charge in [0.15, 0.2) is 5.54 Å². The fourth-order valence-corrected chi connectivity index (χ4v) is 4.37. The molecule has 3 aliphatic heterocycles. The van der Waals surface area contributed by atoms with Crippen molar-refractivity contribution < 1.29 is 28.7 Å². The fourth-order valence-electron chi connectivity index (χ4n) is 3.62. The van der Waals surface area contributed by atoms with E-state index < -0.39 is 29.9 Å². The molecule has 0 radical (unpaired) electrons. The lowest BCUT2D eigenvalue weighted by molar-refractivity contribution is -0.136. The Balaban J connectivity index is 1.39. The molecule has 0 bridgehead atoms. The zero-order valence-electron chi connectivity index (χ0n) is 15.3. The third kappa shape index (κ3) is 3.31. The Morgan fingerprint density at radius 1 is 1.21 bits per heavy atom. The molecule has 2 fully saturated rings. The molecule has 6 amide bonds. The van der Waals surface area contributed by atoms with Crippen LogP contribution >= 0.6 is 11.8 Å². The predicted molar refractivity (Wildman–Crippen MR) is 101 cm³/mol. The molecule has 4 rings (SSSR count). The van der Waals surface area contributed by atoms with Gasteiger partial charge >= 0.3 is 6.03 Å². The maximum Gasteiger partial charge on any atom is 0.325 e. The molecule has 11 heteroatoms. The predicted octanol–water partition coefficient (Wildman–Crippen LogP) is 0.0278. The van der Waals surface area contributed by atoms with Crippen LogP contribution in [-0.4, -0.2) is 70.8 Å². The Labute approximate surface area is 169 Å². The molecule has 0 aliphatic carbocycles. The average Bonchev–Trinajstić information content (AvgIpc) is 3.14. The van der Waals surface area contributed by atoms with E-state index in [1.165, 1.54) is 0 Å². The van der Waals surface area contributed by atoms with Crippen LogP contribution in [0, 0.1) is 0 Å². The summed E-state index contributed by atoms with van der Waals surface area (Å²) in [4.78, 5) is 62.8. The van der Waals surface area contributed by atoms with Crippen LogP contribution in [0.4, 0.5) is 9.59 Å². The number of nitrogens with zero attached hydrogens (tertiary/aromatic N) is 2. The van der Waals surface area contributed by atoms with Crippen LogP contribution in [0.2, 0.25) is 0 Å². The van der Waals surface area contributed by atoms with Gasteiger partial charge in [0, 0.05) is 25.1 Å². The van der Waals surface area contributed by atoms with Crippen molar-refractivity contribution >= 4 is 40.8 Å². The minimum Gasteiger partial charge on any atom is -0.493 e. The summed E-state index contributed by atoms with van der Waals surface area (Å²) in [6.45, 7) is -0.0986. The SMILES string of the molecule is O=C(CN1C(=O)N[C@@]2(CCOc3ccccc32)C1=O)NCCN1C(=O)CSC1=O. The number of amides is 6. The Hall–Kier alpha value is -3.08. The molecule has 3 heterocycles. The molecule has 2 saturated heterocycles. The molecule has 1 aromatic rings. The Bertz CT molecular complexity index is 905. The number of fused-ring (bicyclic) bond motifs is 2. The van der Waals surface area contributed by atoms with Crippen LogP contribution in [0.5, 0.6) is 5.75 Å². The second-order valence-electron chi connectivity index (χ2n) is 6.77. The highest BCUT2D eigenvalue weighted by molar-refractivity contribution is 8.14. The Morgan fingerprint density at radius 3 is 2.76 bits per heavy atom. The summed E-state index contributed by atoms with van der Waals surface area (Å²) in [6, 6.07) is 6.33. The first-order chi connectivity index (χ1) is 13.9. The molecule has 3 aliphatic rings. The molecule has 0 saturated carbocycles. The van der Waals surface area contributed by atoms with E-state index in [1.54, 1.807) is 24.3 Å². The van der Waals surface area contributed by atoms with Crippen LogP contribution < -0.4 is 15.4 Å². The lowest BCUT2D eigenvalue weighted by Gasteiger charge is -2.33. The number of ether oxygens (including phenoxy) is 1. The van der Waals surface area contributed by atoms with E-state index in [0.717, 1.165) is 21.6 Å². The van der Waals surface area contributed by atoms with Crippen molar-refractivity contribution in [3.63, 3.8) is 0 Å². The molecule has 0 unspecified atom stereocenters. The van der Waals surface area contributed by atoms with Crippen LogP contribution in [0.25, 0.3) is 0 Å². The van der Waals surface area contributed by atoms with Crippen LogP contribution in [0.15, 0.2) is 24.3 Å². The highest BCUT2D eigenvalue weighted by Crippen LogP contribution is 2.40. The van der Waals surface area contributed by atoms with Crippen molar-refractivity contribution in [2.24, 2.45) is 0 Å². The third-order valence-electron chi connectivity index (χ3n) is 5.06. The molecule has 0 aromatic heterocycles. The maximum atomic E-state index is 13.1. The largest absolute Gasteiger partial charge is 0.493 e. The maximum absolute atomic E-state index is 13.1. The van der Waals surface area contributed by atoms with E-state index >= 15 is 0 Å². The number of urea groups is 1. The van der Waals surface area contributed by atoms with E-state index in [1.807, 2.05) is 0 Å². The van der Waals surface area contributed by atoms with E-state index in [9.17, 15) is 24.0 Å². The lowest BCUT2D eigenvalue weighted by Crippen LogP contribution is -2.48. The monoisotopic (exact) mass is 418 g/mol. The highest BCUT2D eigenvalue weighted by Gasteiger charge is 2.55. The summed E-state index contributed by atoms with van der Waals surface area (Å²) in [5, 5.41) is 4.91. The van der Waals surface area contributed by atoms with Crippen LogP contribution in [0.1, 0.15) is 12.0 Å². The number of carbonyl (C=O) groups excluding carboxylic acids is 5. The summed E-state index contributed by atoms with van der Waals surface area (Å²) in [5.74, 6) is -0.741. The standard InChI is InChI=1S/C18H18N4O6S/c23-13(19-6-7-21-14(24)10-29-17(21)27)9-22-15(25)18(20-16(22)26)5-8-28-12-4-2-1-3-11(12)18/h1-4H,5-10H2,(H,19,23)(H,20,26)/t18-/m1/s1. The molecule has 1 aromatic carbocycles. The fraction of sp³-hybridized carbons (Fsp3) is 0.389. The molecule has 10 nitrogen and oxygen atoms in total. The first-order valence-corrected chi connectivity index (χ1v) is 10.0. The van der Waals surface area contributed by atoms with Gasteiger partial charge in [0.2, 0.25) is 11.8 Å². The van der Waals surface area contributed by atoms with Crippen molar-refractivity contribution in [1.29, 1.82) is 0 Å². The van der Waals surface area contributed by atoms with Gasteiger partial charge in [0.25, 0.3) is 11.1 Å². The summed E-state index contributed by atoms with van der Waals surface area (Å²) >= 11 is 0.915. The van der Waals surface area contributed by atoms with Crippen LogP contribution in [0.3, 0.4) is 0 Å². The molecule has 1 atom stereocenters. The first-order valence-electron chi connectivity index (χ1n) is 9.02. The molecule has 2 N–H and O–H groups in total. The van der Waals surface area contributed by atoms with Gasteiger partial charge in [-0.1, -0.05) is 30.0 Å². The summed E-state index contributed by atoms with van der Waals surface area (Å²) < 4.78 is 5.57. The van der Waals surface area contributed by atoms with Gasteiger partial charge in [-0.3, -0.25) is 29.0 Å². The number of hydrogen-bond donors (Lipinski definition) is 2. The van der Waals surface area contributed by atoms with Gasteiger partial charge in [-0.05, 0) is 6.07 Å². The number of thioether (sulfide) groups is 1. The number of benzene rings is 1. The van der Waals surface area contributed by atoms with Crippen molar-refractivity contribution in [2.75, 3.05) is 32.0 Å². The van der Waals surface area contributed by atoms with E-state index in [2.05, 4.69) is 10.6 Å². The van der Waals surface area contributed by atoms with Gasteiger partial charge < -0.3 is 15.4 Å². The van der Waals surface area contributed by atoms with Gasteiger partial charge in [0.05, 0.1) is 12.4 Å². The molecular formula is C18H18N4O6S. The number of imide groups is 2. The van der Waals surface area contributed by atoms with Crippen molar-refractivity contribution in [3.8, 4) is 5.75 Å². The molecular weight excluding hydrogens is 400 g/mol. The lowest BCUT2D eigenvalue weighted by atomic mass is 9.84. The van der Waals surface area contributed by atoms with Crippen molar-refractivity contribution in [3.05, 3.63) is 29.8 Å². The highest BCUT2D eigenvalue weighted by atomic mass is 32.2. The second kappa shape index (κ2) is 7.39. The normalized spacial score (nSPS) is 23.3. The smallest absolute Gasteiger partial charge is 0.325 e. The minimum atomic E-state index is -1.24. The Kier molecular flexibility index (Phi) is 4.91. The zero-order valence-corrected chi connectivity index (χ0v) is 16.1. The van der Waals surface area contributed by atoms with Crippen molar-refractivity contribution in [2.45, 2.75) is 12.0 Å². The number of hydrogen-bond acceptors (Lipinski definition) is 7. The van der Waals surface area contributed by atoms with E-state index in [4.69, 9.17) is 4.74 Å². The van der Waals surface area contributed by atoms with Crippen molar-refractivity contribution in [1.82, 2.24) is 20.4 Å². The van der Waals surface area contributed by atoms with E-state index in [-0.39, 0.29) is 43.0 Å². The van der Waals surface area contributed by atoms with Gasteiger partial charge in [0.1, 0.15) is 12.3 Å². The quantitative estimate of drug-likeness (QED) is 0.646. The second-order valence-corrected chi connectivity index (χ2v) is 7.70. The molecule has 1 spiro atoms. The number of rotatable bonds is 5. The topological polar surface area (TPSA) is 125 Å². The summed E-state index contributed by atoms with van der Waals surface area (Å²) in [7, 11) is 0. The van der Waals surface area contributed by atoms with Gasteiger partial charge in [-0.25, -0.2) is 4.79 Å². The average molecular weight is 418 g/mol. The zero-order chi connectivity index (χ0) is 20.6. The molecule has 29 heavy (non-hydrogen) atoms. The molecule has 152 valence electrons. The van der Waals surface area contributed by atoms with Gasteiger partial charge in [-0.2, -0.15) is 0 Å². The minimum absolute atomic E-state index is 0.0440.